The zero-order chi connectivity index (χ0) is 20.5. The number of amides is 1. The highest BCUT2D eigenvalue weighted by molar-refractivity contribution is 5.92. The molecule has 28 heavy (non-hydrogen) atoms. The maximum absolute atomic E-state index is 12.2. The number of unbranched alkanes of at least 4 members (excludes halogenated alkanes) is 10. The van der Waals surface area contributed by atoms with Gasteiger partial charge in [-0.05, 0) is 31.4 Å². The number of aliphatic hydroxyl groups excluding tert-OH is 1. The van der Waals surface area contributed by atoms with Gasteiger partial charge in [0.25, 0.3) is 0 Å². The van der Waals surface area contributed by atoms with Gasteiger partial charge in [-0.2, -0.15) is 0 Å². The Labute approximate surface area is 173 Å². The van der Waals surface area contributed by atoms with E-state index in [1.165, 1.54) is 57.8 Å². The number of rotatable bonds is 17. The minimum Gasteiger partial charge on any atom is -0.393 e. The van der Waals surface area contributed by atoms with Crippen LogP contribution in [0.3, 0.4) is 0 Å². The maximum atomic E-state index is 12.2. The molecule has 1 aromatic carbocycles. The number of hydrogen-bond acceptors (Lipinski definition) is 2. The number of aliphatic hydroxyl groups is 1. The van der Waals surface area contributed by atoms with E-state index in [0.29, 0.717) is 6.42 Å². The van der Waals surface area contributed by atoms with Crippen molar-refractivity contribution in [2.24, 2.45) is 0 Å². The summed E-state index contributed by atoms with van der Waals surface area (Å²) in [7, 11) is 1.86. The van der Waals surface area contributed by atoms with Crippen LogP contribution in [0.1, 0.15) is 103 Å². The normalized spacial score (nSPS) is 12.1. The van der Waals surface area contributed by atoms with Crippen LogP contribution < -0.4 is 4.90 Å². The summed E-state index contributed by atoms with van der Waals surface area (Å²) < 4.78 is 0. The Morgan fingerprint density at radius 2 is 1.32 bits per heavy atom. The molecule has 0 aliphatic heterocycles. The van der Waals surface area contributed by atoms with E-state index in [0.717, 1.165) is 37.8 Å². The van der Waals surface area contributed by atoms with Crippen LogP contribution in [0.5, 0.6) is 0 Å². The molecule has 0 saturated carbocycles. The molecular formula is C25H43NO2. The highest BCUT2D eigenvalue weighted by Crippen LogP contribution is 2.16. The lowest BCUT2D eigenvalue weighted by molar-refractivity contribution is -0.118. The topological polar surface area (TPSA) is 40.5 Å². The van der Waals surface area contributed by atoms with Gasteiger partial charge < -0.3 is 10.0 Å². The van der Waals surface area contributed by atoms with Gasteiger partial charge in [0.1, 0.15) is 0 Å². The first kappa shape index (κ1) is 24.7. The Balaban J connectivity index is 1.91. The summed E-state index contributed by atoms with van der Waals surface area (Å²) in [5, 5.41) is 10.1. The van der Waals surface area contributed by atoms with Crippen LogP contribution in [0.25, 0.3) is 0 Å². The minimum atomic E-state index is -0.0997. The lowest BCUT2D eigenvalue weighted by Gasteiger charge is -2.17. The second-order valence-corrected chi connectivity index (χ2v) is 8.16. The van der Waals surface area contributed by atoms with Crippen molar-refractivity contribution in [3.8, 4) is 0 Å². The average molecular weight is 390 g/mol. The van der Waals surface area contributed by atoms with Gasteiger partial charge in [-0.3, -0.25) is 4.79 Å². The lowest BCUT2D eigenvalue weighted by atomic mass is 10.0. The van der Waals surface area contributed by atoms with Crippen molar-refractivity contribution in [1.82, 2.24) is 0 Å². The van der Waals surface area contributed by atoms with Crippen molar-refractivity contribution < 1.29 is 9.90 Å². The molecule has 0 aromatic heterocycles. The summed E-state index contributed by atoms with van der Waals surface area (Å²) in [4.78, 5) is 14.0. The average Bonchev–Trinajstić information content (AvgIpc) is 2.72. The monoisotopic (exact) mass is 389 g/mol. The highest BCUT2D eigenvalue weighted by Gasteiger charge is 2.09. The van der Waals surface area contributed by atoms with Gasteiger partial charge in [0.2, 0.25) is 5.91 Å². The fraction of sp³-hybridized carbons (Fsp3) is 0.720. The molecule has 0 aliphatic carbocycles. The molecule has 0 saturated heterocycles. The minimum absolute atomic E-state index is 0.0997. The Morgan fingerprint density at radius 3 is 1.89 bits per heavy atom. The fourth-order valence-corrected chi connectivity index (χ4v) is 3.63. The van der Waals surface area contributed by atoms with Crippen LogP contribution >= 0.6 is 0 Å². The van der Waals surface area contributed by atoms with Gasteiger partial charge >= 0.3 is 0 Å². The largest absolute Gasteiger partial charge is 0.393 e. The second-order valence-electron chi connectivity index (χ2n) is 8.16. The number of nitrogens with zero attached hydrogens (tertiary/aromatic N) is 1. The second kappa shape index (κ2) is 16.6. The van der Waals surface area contributed by atoms with Crippen molar-refractivity contribution in [2.45, 2.75) is 109 Å². The predicted molar refractivity (Wildman–Crippen MR) is 121 cm³/mol. The smallest absolute Gasteiger partial charge is 0.226 e. The standard InChI is InChI=1S/C25H43NO2/c1-3-4-5-6-9-15-20-24(27)21-16-10-7-8-11-17-22-25(28)26(2)23-18-13-12-14-19-23/h12-14,18-19,24,27H,3-11,15-17,20-22H2,1-2H3. The molecule has 1 N–H and O–H groups in total. The zero-order valence-electron chi connectivity index (χ0n) is 18.4. The van der Waals surface area contributed by atoms with E-state index in [2.05, 4.69) is 6.92 Å². The van der Waals surface area contributed by atoms with Crippen LogP contribution in [-0.4, -0.2) is 24.2 Å². The van der Waals surface area contributed by atoms with Crippen LogP contribution in [0.4, 0.5) is 5.69 Å². The predicted octanol–water partition coefficient (Wildman–Crippen LogP) is 6.88. The van der Waals surface area contributed by atoms with Crippen LogP contribution in [0, 0.1) is 0 Å². The Hall–Kier alpha value is -1.35. The van der Waals surface area contributed by atoms with E-state index in [4.69, 9.17) is 0 Å². The van der Waals surface area contributed by atoms with E-state index in [-0.39, 0.29) is 12.0 Å². The molecule has 0 heterocycles. The van der Waals surface area contributed by atoms with Gasteiger partial charge in [-0.1, -0.05) is 95.8 Å². The van der Waals surface area contributed by atoms with Crippen molar-refractivity contribution >= 4 is 11.6 Å². The number of anilines is 1. The molecule has 0 aliphatic rings. The SMILES string of the molecule is CCCCCCCCC(O)CCCCCCCCC(=O)N(C)c1ccccc1. The van der Waals surface area contributed by atoms with Gasteiger partial charge in [-0.15, -0.1) is 0 Å². The van der Waals surface area contributed by atoms with Gasteiger partial charge in [0.05, 0.1) is 6.10 Å². The Morgan fingerprint density at radius 1 is 0.821 bits per heavy atom. The molecule has 3 nitrogen and oxygen atoms in total. The molecule has 3 heteroatoms. The summed E-state index contributed by atoms with van der Waals surface area (Å²) >= 11 is 0. The maximum Gasteiger partial charge on any atom is 0.226 e. The number of carbonyl (C=O) groups is 1. The zero-order valence-corrected chi connectivity index (χ0v) is 18.4. The van der Waals surface area contributed by atoms with Gasteiger partial charge in [0, 0.05) is 19.2 Å². The molecule has 0 fully saturated rings. The van der Waals surface area contributed by atoms with E-state index in [9.17, 15) is 9.90 Å². The summed E-state index contributed by atoms with van der Waals surface area (Å²) in [6, 6.07) is 9.83. The number of benzene rings is 1. The molecule has 1 amide bonds. The first-order chi connectivity index (χ1) is 13.6. The van der Waals surface area contributed by atoms with E-state index < -0.39 is 0 Å². The molecule has 0 radical (unpaired) electrons. The lowest BCUT2D eigenvalue weighted by Crippen LogP contribution is -2.25. The van der Waals surface area contributed by atoms with E-state index in [1.807, 2.05) is 37.4 Å². The Kier molecular flexibility index (Phi) is 14.6. The molecule has 1 rings (SSSR count). The van der Waals surface area contributed by atoms with Gasteiger partial charge in [0.15, 0.2) is 0 Å². The van der Waals surface area contributed by atoms with Crippen molar-refractivity contribution in [2.75, 3.05) is 11.9 Å². The summed E-state index contributed by atoms with van der Waals surface area (Å²) in [5.74, 6) is 0.198. The Bertz CT molecular complexity index is 489. The third kappa shape index (κ3) is 12.2. The van der Waals surface area contributed by atoms with Crippen molar-refractivity contribution in [3.05, 3.63) is 30.3 Å². The van der Waals surface area contributed by atoms with Crippen molar-refractivity contribution in [3.63, 3.8) is 0 Å². The molecule has 1 unspecified atom stereocenters. The summed E-state index contributed by atoms with van der Waals surface area (Å²) in [5.41, 5.74) is 0.965. The van der Waals surface area contributed by atoms with Crippen LogP contribution in [0.2, 0.25) is 0 Å². The number of carbonyl (C=O) groups excluding carboxylic acids is 1. The van der Waals surface area contributed by atoms with E-state index >= 15 is 0 Å². The van der Waals surface area contributed by atoms with Gasteiger partial charge in [-0.25, -0.2) is 0 Å². The quantitative estimate of drug-likeness (QED) is 0.295. The van der Waals surface area contributed by atoms with E-state index in [1.54, 1.807) is 4.90 Å². The van der Waals surface area contributed by atoms with Crippen LogP contribution in [0.15, 0.2) is 30.3 Å². The molecular weight excluding hydrogens is 346 g/mol. The summed E-state index contributed by atoms with van der Waals surface area (Å²) in [6.07, 6.45) is 17.0. The van der Waals surface area contributed by atoms with Crippen LogP contribution in [-0.2, 0) is 4.79 Å². The van der Waals surface area contributed by atoms with Crippen molar-refractivity contribution in [1.29, 1.82) is 0 Å². The fourth-order valence-electron chi connectivity index (χ4n) is 3.63. The first-order valence-corrected chi connectivity index (χ1v) is 11.6. The number of para-hydroxylation sites is 1. The highest BCUT2D eigenvalue weighted by atomic mass is 16.3. The first-order valence-electron chi connectivity index (χ1n) is 11.6. The molecule has 0 spiro atoms. The summed E-state index contributed by atoms with van der Waals surface area (Å²) in [6.45, 7) is 2.24. The molecule has 0 bridgehead atoms. The third-order valence-corrected chi connectivity index (χ3v) is 5.59. The third-order valence-electron chi connectivity index (χ3n) is 5.59. The number of hydrogen-bond donors (Lipinski definition) is 1. The molecule has 1 aromatic rings. The molecule has 1 atom stereocenters. The molecule has 160 valence electrons.